The number of para-hydroxylation sites is 1. The molecule has 0 aliphatic carbocycles. The predicted molar refractivity (Wildman–Crippen MR) is 91.3 cm³/mol. The molecule has 0 aliphatic rings. The molecule has 21 heavy (non-hydrogen) atoms. The van der Waals surface area contributed by atoms with Crippen molar-refractivity contribution in [1.82, 2.24) is 9.55 Å². The van der Waals surface area contributed by atoms with Crippen molar-refractivity contribution in [3.63, 3.8) is 0 Å². The number of fused-ring (bicyclic) bond motifs is 1. The molecule has 0 spiro atoms. The number of H-pyrrole nitrogens is 1. The fourth-order valence-electron chi connectivity index (χ4n) is 2.70. The number of rotatable bonds is 6. The van der Waals surface area contributed by atoms with Crippen molar-refractivity contribution in [2.45, 2.75) is 53.0 Å². The third kappa shape index (κ3) is 3.82. The molecule has 0 atom stereocenters. The van der Waals surface area contributed by atoms with Gasteiger partial charge in [0.25, 0.3) is 5.56 Å². The summed E-state index contributed by atoms with van der Waals surface area (Å²) >= 11 is 5.38. The minimum absolute atomic E-state index is 0.0120. The molecule has 0 radical (unpaired) electrons. The standard InChI is InChI=1S/C17H24N2OS/c1-4-5-8-11-17(2,3)12-19-15(20)13-9-6-7-10-14(13)18-16(19)21/h6-7,9-10H,4-5,8,11-12H2,1-3H3,(H,18,21). The summed E-state index contributed by atoms with van der Waals surface area (Å²) in [6, 6.07) is 7.54. The molecule has 0 aliphatic heterocycles. The Hall–Kier alpha value is -1.42. The Morgan fingerprint density at radius 3 is 2.67 bits per heavy atom. The van der Waals surface area contributed by atoms with Gasteiger partial charge in [0.1, 0.15) is 0 Å². The molecule has 2 rings (SSSR count). The van der Waals surface area contributed by atoms with E-state index in [9.17, 15) is 4.79 Å². The first-order valence-corrected chi connectivity index (χ1v) is 8.07. The van der Waals surface area contributed by atoms with Crippen molar-refractivity contribution in [3.8, 4) is 0 Å². The molecule has 1 aromatic carbocycles. The van der Waals surface area contributed by atoms with Gasteiger partial charge in [-0.1, -0.05) is 52.2 Å². The van der Waals surface area contributed by atoms with E-state index < -0.39 is 0 Å². The summed E-state index contributed by atoms with van der Waals surface area (Å²) in [5.41, 5.74) is 0.897. The van der Waals surface area contributed by atoms with Crippen LogP contribution in [0.25, 0.3) is 10.9 Å². The lowest BCUT2D eigenvalue weighted by Gasteiger charge is -2.25. The Kier molecular flexibility index (Phi) is 4.99. The number of benzene rings is 1. The lowest BCUT2D eigenvalue weighted by molar-refractivity contribution is 0.266. The quantitative estimate of drug-likeness (QED) is 0.622. The number of hydrogen-bond donors (Lipinski definition) is 1. The molecule has 0 bridgehead atoms. The second-order valence-corrected chi connectivity index (χ2v) is 6.88. The predicted octanol–water partition coefficient (Wildman–Crippen LogP) is 4.67. The van der Waals surface area contributed by atoms with E-state index >= 15 is 0 Å². The maximum Gasteiger partial charge on any atom is 0.262 e. The minimum atomic E-state index is 0.0120. The molecule has 114 valence electrons. The molecular weight excluding hydrogens is 280 g/mol. The van der Waals surface area contributed by atoms with Crippen molar-refractivity contribution >= 4 is 23.1 Å². The summed E-state index contributed by atoms with van der Waals surface area (Å²) in [6.45, 7) is 7.28. The van der Waals surface area contributed by atoms with Crippen molar-refractivity contribution in [3.05, 3.63) is 39.4 Å². The molecule has 0 saturated carbocycles. The lowest BCUT2D eigenvalue weighted by Crippen LogP contribution is -2.30. The summed E-state index contributed by atoms with van der Waals surface area (Å²) < 4.78 is 2.23. The van der Waals surface area contributed by atoms with E-state index in [1.807, 2.05) is 24.3 Å². The van der Waals surface area contributed by atoms with Crippen LogP contribution in [0.5, 0.6) is 0 Å². The van der Waals surface area contributed by atoms with E-state index in [-0.39, 0.29) is 11.0 Å². The molecule has 3 nitrogen and oxygen atoms in total. The molecular formula is C17H24N2OS. The van der Waals surface area contributed by atoms with E-state index in [0.717, 1.165) is 11.9 Å². The van der Waals surface area contributed by atoms with Crippen LogP contribution in [-0.2, 0) is 6.54 Å². The van der Waals surface area contributed by atoms with Gasteiger partial charge in [-0.2, -0.15) is 0 Å². The van der Waals surface area contributed by atoms with Gasteiger partial charge in [0, 0.05) is 6.54 Å². The highest BCUT2D eigenvalue weighted by Gasteiger charge is 2.20. The van der Waals surface area contributed by atoms with E-state index in [1.54, 1.807) is 4.57 Å². The monoisotopic (exact) mass is 304 g/mol. The van der Waals surface area contributed by atoms with Gasteiger partial charge in [-0.15, -0.1) is 0 Å². The topological polar surface area (TPSA) is 37.8 Å². The SMILES string of the molecule is CCCCCC(C)(C)Cn1c(=S)[nH]c2ccccc2c1=O. The summed E-state index contributed by atoms with van der Waals surface area (Å²) in [7, 11) is 0. The number of nitrogens with one attached hydrogen (secondary N) is 1. The largest absolute Gasteiger partial charge is 0.332 e. The third-order valence-corrected chi connectivity index (χ3v) is 4.26. The molecule has 1 aromatic heterocycles. The zero-order valence-corrected chi connectivity index (χ0v) is 13.9. The van der Waals surface area contributed by atoms with Gasteiger partial charge < -0.3 is 4.98 Å². The van der Waals surface area contributed by atoms with Gasteiger partial charge in [-0.3, -0.25) is 9.36 Å². The molecule has 0 saturated heterocycles. The van der Waals surface area contributed by atoms with Gasteiger partial charge in [0.2, 0.25) is 0 Å². The second-order valence-electron chi connectivity index (χ2n) is 6.49. The number of hydrogen-bond acceptors (Lipinski definition) is 2. The Balaban J connectivity index is 2.34. The fraction of sp³-hybridized carbons (Fsp3) is 0.529. The molecule has 1 heterocycles. The van der Waals surface area contributed by atoms with Crippen LogP contribution in [0, 0.1) is 10.2 Å². The molecule has 1 N–H and O–H groups in total. The lowest BCUT2D eigenvalue weighted by atomic mass is 9.87. The Labute approximate surface area is 131 Å². The van der Waals surface area contributed by atoms with Gasteiger partial charge >= 0.3 is 0 Å². The van der Waals surface area contributed by atoms with Crippen molar-refractivity contribution in [1.29, 1.82) is 0 Å². The van der Waals surface area contributed by atoms with Crippen LogP contribution in [0.4, 0.5) is 0 Å². The molecule has 0 fully saturated rings. The average molecular weight is 304 g/mol. The zero-order chi connectivity index (χ0) is 15.5. The number of aromatic amines is 1. The van der Waals surface area contributed by atoms with Crippen LogP contribution in [0.15, 0.2) is 29.1 Å². The van der Waals surface area contributed by atoms with Crippen LogP contribution in [0.3, 0.4) is 0 Å². The summed E-state index contributed by atoms with van der Waals surface area (Å²) in [4.78, 5) is 15.8. The summed E-state index contributed by atoms with van der Waals surface area (Å²) in [5.74, 6) is 0. The first-order chi connectivity index (χ1) is 9.94. The van der Waals surface area contributed by atoms with Gasteiger partial charge in [-0.05, 0) is 36.2 Å². The first-order valence-electron chi connectivity index (χ1n) is 7.66. The summed E-state index contributed by atoms with van der Waals surface area (Å²) in [5, 5.41) is 0.704. The van der Waals surface area contributed by atoms with E-state index in [0.29, 0.717) is 16.7 Å². The Morgan fingerprint density at radius 1 is 1.24 bits per heavy atom. The van der Waals surface area contributed by atoms with E-state index in [4.69, 9.17) is 12.2 Å². The molecule has 2 aromatic rings. The number of aromatic nitrogens is 2. The van der Waals surface area contributed by atoms with E-state index in [1.165, 1.54) is 19.3 Å². The molecule has 0 unspecified atom stereocenters. The molecule has 4 heteroatoms. The van der Waals surface area contributed by atoms with Crippen LogP contribution in [0.1, 0.15) is 46.5 Å². The third-order valence-electron chi connectivity index (χ3n) is 3.93. The highest BCUT2D eigenvalue weighted by molar-refractivity contribution is 7.71. The Bertz CT molecular complexity index is 727. The second kappa shape index (κ2) is 6.56. The zero-order valence-electron chi connectivity index (χ0n) is 13.1. The van der Waals surface area contributed by atoms with Crippen LogP contribution < -0.4 is 5.56 Å². The van der Waals surface area contributed by atoms with Crippen LogP contribution in [-0.4, -0.2) is 9.55 Å². The molecule has 0 amide bonds. The normalized spacial score (nSPS) is 12.0. The number of nitrogens with zero attached hydrogens (tertiary/aromatic N) is 1. The Morgan fingerprint density at radius 2 is 1.95 bits per heavy atom. The summed E-state index contributed by atoms with van der Waals surface area (Å²) in [6.07, 6.45) is 4.76. The average Bonchev–Trinajstić information content (AvgIpc) is 2.44. The van der Waals surface area contributed by atoms with Crippen molar-refractivity contribution in [2.24, 2.45) is 5.41 Å². The van der Waals surface area contributed by atoms with E-state index in [2.05, 4.69) is 25.8 Å². The van der Waals surface area contributed by atoms with Crippen molar-refractivity contribution in [2.75, 3.05) is 0 Å². The highest BCUT2D eigenvalue weighted by atomic mass is 32.1. The minimum Gasteiger partial charge on any atom is -0.332 e. The number of unbranched alkanes of at least 4 members (excludes halogenated alkanes) is 2. The maximum absolute atomic E-state index is 12.6. The maximum atomic E-state index is 12.6. The van der Waals surface area contributed by atoms with Gasteiger partial charge in [-0.25, -0.2) is 0 Å². The fourth-order valence-corrected chi connectivity index (χ4v) is 2.96. The smallest absolute Gasteiger partial charge is 0.262 e. The van der Waals surface area contributed by atoms with Gasteiger partial charge in [0.05, 0.1) is 10.9 Å². The van der Waals surface area contributed by atoms with Crippen LogP contribution >= 0.6 is 12.2 Å². The highest BCUT2D eigenvalue weighted by Crippen LogP contribution is 2.25. The van der Waals surface area contributed by atoms with Gasteiger partial charge in [0.15, 0.2) is 4.77 Å². The van der Waals surface area contributed by atoms with Crippen LogP contribution in [0.2, 0.25) is 0 Å². The van der Waals surface area contributed by atoms with Crippen molar-refractivity contribution < 1.29 is 0 Å². The first kappa shape index (κ1) is 16.0.